The monoisotopic (exact) mass is 298 g/mol. The van der Waals surface area contributed by atoms with Gasteiger partial charge in [-0.3, -0.25) is 9.59 Å². The number of amides is 2. The van der Waals surface area contributed by atoms with Crippen LogP contribution in [0.25, 0.3) is 0 Å². The molecule has 1 N–H and O–H groups in total. The fourth-order valence-electron chi connectivity index (χ4n) is 2.49. The van der Waals surface area contributed by atoms with Gasteiger partial charge in [0, 0.05) is 5.69 Å². The van der Waals surface area contributed by atoms with Crippen LogP contribution >= 0.6 is 0 Å². The van der Waals surface area contributed by atoms with E-state index >= 15 is 0 Å². The molecule has 0 unspecified atom stereocenters. The minimum absolute atomic E-state index is 0.0588. The van der Waals surface area contributed by atoms with Crippen LogP contribution in [-0.2, 0) is 9.59 Å². The molecular formula is C17H15FN2O2. The molecule has 3 rings (SSSR count). The van der Waals surface area contributed by atoms with Crippen molar-refractivity contribution < 1.29 is 14.0 Å². The van der Waals surface area contributed by atoms with Crippen LogP contribution in [0.3, 0.4) is 0 Å². The third-order valence-corrected chi connectivity index (χ3v) is 3.60. The quantitative estimate of drug-likeness (QED) is 0.886. The van der Waals surface area contributed by atoms with E-state index in [1.807, 2.05) is 19.1 Å². The molecule has 22 heavy (non-hydrogen) atoms. The summed E-state index contributed by atoms with van der Waals surface area (Å²) in [6, 6.07) is 12.4. The molecule has 1 heterocycles. The minimum atomic E-state index is -0.671. The number of halogens is 1. The summed E-state index contributed by atoms with van der Waals surface area (Å²) < 4.78 is 13.2. The number of hydrogen-bond acceptors (Lipinski definition) is 3. The van der Waals surface area contributed by atoms with Crippen LogP contribution < -0.4 is 10.2 Å². The number of carbonyl (C=O) groups excluding carboxylic acids is 2. The van der Waals surface area contributed by atoms with Gasteiger partial charge in [0.2, 0.25) is 5.91 Å². The van der Waals surface area contributed by atoms with E-state index in [9.17, 15) is 14.0 Å². The van der Waals surface area contributed by atoms with Crippen LogP contribution in [0.4, 0.5) is 15.8 Å². The first-order valence-corrected chi connectivity index (χ1v) is 7.00. The lowest BCUT2D eigenvalue weighted by atomic mass is 10.2. The van der Waals surface area contributed by atoms with Crippen molar-refractivity contribution in [2.45, 2.75) is 19.4 Å². The molecule has 112 valence electrons. The van der Waals surface area contributed by atoms with Gasteiger partial charge in [-0.05, 0) is 37.3 Å². The molecule has 0 spiro atoms. The standard InChI is InChI=1S/C17H15FN2O2/c1-11-5-7-14(8-6-11)20-16(21)10-15(17(20)22)19-13-4-2-3-12(18)9-13/h2-9,15,19H,10H2,1H3/t15-/m1/s1. The third-order valence-electron chi connectivity index (χ3n) is 3.60. The highest BCUT2D eigenvalue weighted by molar-refractivity contribution is 6.23. The van der Waals surface area contributed by atoms with Crippen molar-refractivity contribution in [3.8, 4) is 0 Å². The summed E-state index contributed by atoms with van der Waals surface area (Å²) in [5, 5.41) is 2.92. The van der Waals surface area contributed by atoms with Crippen molar-refractivity contribution in [1.82, 2.24) is 0 Å². The van der Waals surface area contributed by atoms with Crippen LogP contribution in [0.5, 0.6) is 0 Å². The zero-order chi connectivity index (χ0) is 15.7. The number of nitrogens with one attached hydrogen (secondary N) is 1. The van der Waals surface area contributed by atoms with Crippen LogP contribution in [0.1, 0.15) is 12.0 Å². The van der Waals surface area contributed by atoms with Crippen LogP contribution in [-0.4, -0.2) is 17.9 Å². The van der Waals surface area contributed by atoms with Crippen LogP contribution in [0.2, 0.25) is 0 Å². The lowest BCUT2D eigenvalue weighted by Crippen LogP contribution is -2.34. The van der Waals surface area contributed by atoms with Crippen molar-refractivity contribution in [2.24, 2.45) is 0 Å². The van der Waals surface area contributed by atoms with Gasteiger partial charge in [0.15, 0.2) is 0 Å². The maximum Gasteiger partial charge on any atom is 0.256 e. The molecule has 1 aliphatic rings. The summed E-state index contributed by atoms with van der Waals surface area (Å²) in [6.07, 6.45) is 0.0588. The highest BCUT2D eigenvalue weighted by Gasteiger charge is 2.39. The normalized spacial score (nSPS) is 17.9. The molecule has 2 aromatic rings. The van der Waals surface area contributed by atoms with E-state index in [2.05, 4.69) is 5.32 Å². The third kappa shape index (κ3) is 2.70. The van der Waals surface area contributed by atoms with Crippen LogP contribution in [0.15, 0.2) is 48.5 Å². The number of aryl methyl sites for hydroxylation is 1. The van der Waals surface area contributed by atoms with Crippen molar-refractivity contribution >= 4 is 23.2 Å². The average Bonchev–Trinajstić information content (AvgIpc) is 2.75. The Morgan fingerprint density at radius 2 is 1.86 bits per heavy atom. The van der Waals surface area contributed by atoms with Gasteiger partial charge in [0.1, 0.15) is 11.9 Å². The Labute approximate surface area is 127 Å². The average molecular weight is 298 g/mol. The number of benzene rings is 2. The topological polar surface area (TPSA) is 49.4 Å². The number of nitrogens with zero attached hydrogens (tertiary/aromatic N) is 1. The van der Waals surface area contributed by atoms with Gasteiger partial charge in [0.05, 0.1) is 12.1 Å². The van der Waals surface area contributed by atoms with Gasteiger partial charge in [-0.25, -0.2) is 9.29 Å². The minimum Gasteiger partial charge on any atom is -0.373 e. The molecule has 4 nitrogen and oxygen atoms in total. The highest BCUT2D eigenvalue weighted by atomic mass is 19.1. The maximum absolute atomic E-state index is 13.2. The summed E-state index contributed by atoms with van der Waals surface area (Å²) in [7, 11) is 0. The largest absolute Gasteiger partial charge is 0.373 e. The lowest BCUT2D eigenvalue weighted by molar-refractivity contribution is -0.121. The molecule has 2 aromatic carbocycles. The van der Waals surface area contributed by atoms with E-state index in [1.165, 1.54) is 17.0 Å². The summed E-state index contributed by atoms with van der Waals surface area (Å²) in [5.74, 6) is -0.974. The number of anilines is 2. The molecule has 0 radical (unpaired) electrons. The molecule has 0 saturated carbocycles. The molecule has 0 aliphatic carbocycles. The van der Waals surface area contributed by atoms with E-state index in [1.54, 1.807) is 24.3 Å². The van der Waals surface area contributed by atoms with Crippen molar-refractivity contribution in [1.29, 1.82) is 0 Å². The molecule has 0 aromatic heterocycles. The second-order valence-electron chi connectivity index (χ2n) is 5.31. The Morgan fingerprint density at radius 3 is 2.55 bits per heavy atom. The predicted octanol–water partition coefficient (Wildman–Crippen LogP) is 2.88. The summed E-state index contributed by atoms with van der Waals surface area (Å²) in [4.78, 5) is 25.7. The van der Waals surface area contributed by atoms with E-state index in [-0.39, 0.29) is 18.2 Å². The van der Waals surface area contributed by atoms with Gasteiger partial charge in [-0.1, -0.05) is 23.8 Å². The Hall–Kier alpha value is -2.69. The number of imide groups is 1. The molecule has 1 aliphatic heterocycles. The highest BCUT2D eigenvalue weighted by Crippen LogP contribution is 2.25. The first-order chi connectivity index (χ1) is 10.5. The van der Waals surface area contributed by atoms with Gasteiger partial charge < -0.3 is 5.32 Å². The molecule has 0 bridgehead atoms. The predicted molar refractivity (Wildman–Crippen MR) is 82.1 cm³/mol. The first kappa shape index (κ1) is 14.3. The van der Waals surface area contributed by atoms with Crippen molar-refractivity contribution in [3.05, 3.63) is 59.9 Å². The number of rotatable bonds is 3. The molecule has 1 saturated heterocycles. The van der Waals surface area contributed by atoms with E-state index in [0.29, 0.717) is 11.4 Å². The number of carbonyl (C=O) groups is 2. The zero-order valence-corrected chi connectivity index (χ0v) is 12.0. The molecule has 1 fully saturated rings. The molecule has 5 heteroatoms. The van der Waals surface area contributed by atoms with E-state index < -0.39 is 11.9 Å². The van der Waals surface area contributed by atoms with Crippen molar-refractivity contribution in [3.63, 3.8) is 0 Å². The zero-order valence-electron chi connectivity index (χ0n) is 12.0. The lowest BCUT2D eigenvalue weighted by Gasteiger charge is -2.16. The second kappa shape index (κ2) is 5.60. The molecule has 2 amide bonds. The first-order valence-electron chi connectivity index (χ1n) is 7.00. The van der Waals surface area contributed by atoms with E-state index in [4.69, 9.17) is 0 Å². The van der Waals surface area contributed by atoms with Gasteiger partial charge >= 0.3 is 0 Å². The molecular weight excluding hydrogens is 283 g/mol. The fraction of sp³-hybridized carbons (Fsp3) is 0.176. The Kier molecular flexibility index (Phi) is 3.63. The Morgan fingerprint density at radius 1 is 1.14 bits per heavy atom. The summed E-state index contributed by atoms with van der Waals surface area (Å²) in [5.41, 5.74) is 2.10. The van der Waals surface area contributed by atoms with Gasteiger partial charge in [-0.15, -0.1) is 0 Å². The smallest absolute Gasteiger partial charge is 0.256 e. The van der Waals surface area contributed by atoms with Crippen LogP contribution in [0, 0.1) is 12.7 Å². The molecule has 1 atom stereocenters. The Bertz CT molecular complexity index is 728. The fourth-order valence-corrected chi connectivity index (χ4v) is 2.49. The summed E-state index contributed by atoms with van der Waals surface area (Å²) in [6.45, 7) is 1.94. The van der Waals surface area contributed by atoms with Gasteiger partial charge in [-0.2, -0.15) is 0 Å². The SMILES string of the molecule is Cc1ccc(N2C(=O)C[C@@H](Nc3cccc(F)c3)C2=O)cc1. The Balaban J connectivity index is 1.81. The number of hydrogen-bond donors (Lipinski definition) is 1. The van der Waals surface area contributed by atoms with Gasteiger partial charge in [0.25, 0.3) is 5.91 Å². The second-order valence-corrected chi connectivity index (χ2v) is 5.31. The van der Waals surface area contributed by atoms with Crippen molar-refractivity contribution in [2.75, 3.05) is 10.2 Å². The maximum atomic E-state index is 13.2. The summed E-state index contributed by atoms with van der Waals surface area (Å²) >= 11 is 0. The van der Waals surface area contributed by atoms with E-state index in [0.717, 1.165) is 5.56 Å².